The van der Waals surface area contributed by atoms with Crippen molar-refractivity contribution in [3.05, 3.63) is 59.1 Å². The lowest BCUT2D eigenvalue weighted by Gasteiger charge is -2.16. The maximum absolute atomic E-state index is 11.7. The predicted octanol–water partition coefficient (Wildman–Crippen LogP) is 4.47. The number of rotatable bonds is 7. The zero-order valence-corrected chi connectivity index (χ0v) is 14.9. The summed E-state index contributed by atoms with van der Waals surface area (Å²) in [4.78, 5) is 11.7. The molecular weight excluding hydrogens is 322 g/mol. The van der Waals surface area contributed by atoms with Crippen LogP contribution in [0.1, 0.15) is 25.8 Å². The molecule has 0 aliphatic heterocycles. The topological polar surface area (TPSA) is 52.3 Å². The molecule has 2 atom stereocenters. The molecule has 2 unspecified atom stereocenters. The van der Waals surface area contributed by atoms with Crippen LogP contribution in [0.5, 0.6) is 0 Å². The minimum atomic E-state index is -0.177. The van der Waals surface area contributed by atoms with Gasteiger partial charge in [-0.25, -0.2) is 0 Å². The molecule has 24 heavy (non-hydrogen) atoms. The van der Waals surface area contributed by atoms with Crippen molar-refractivity contribution in [2.75, 3.05) is 6.61 Å². The van der Waals surface area contributed by atoms with Crippen LogP contribution in [0.2, 0.25) is 5.02 Å². The largest absolute Gasteiger partial charge is 0.466 e. The van der Waals surface area contributed by atoms with Crippen molar-refractivity contribution in [3.63, 3.8) is 0 Å². The van der Waals surface area contributed by atoms with Crippen molar-refractivity contribution in [2.24, 2.45) is 11.7 Å². The Morgan fingerprint density at radius 2 is 1.88 bits per heavy atom. The molecular formula is C20H24ClNO2. The molecule has 2 aromatic carbocycles. The van der Waals surface area contributed by atoms with Crippen LogP contribution in [0.4, 0.5) is 0 Å². The SMILES string of the molecule is CCOC(=O)C(C)CC(N)Cc1ccc(-c2cccc(Cl)c2)cc1. The molecule has 0 saturated carbocycles. The van der Waals surface area contributed by atoms with E-state index in [1.807, 2.05) is 38.1 Å². The molecule has 0 radical (unpaired) electrons. The Hall–Kier alpha value is -1.84. The molecule has 0 bridgehead atoms. The number of carbonyl (C=O) groups is 1. The molecule has 0 saturated heterocycles. The summed E-state index contributed by atoms with van der Waals surface area (Å²) in [5, 5.41) is 0.728. The fourth-order valence-electron chi connectivity index (χ4n) is 2.72. The third kappa shape index (κ3) is 5.36. The first-order valence-electron chi connectivity index (χ1n) is 8.26. The highest BCUT2D eigenvalue weighted by Crippen LogP contribution is 2.23. The van der Waals surface area contributed by atoms with Crippen LogP contribution >= 0.6 is 11.6 Å². The van der Waals surface area contributed by atoms with Crippen LogP contribution in [0, 0.1) is 5.92 Å². The van der Waals surface area contributed by atoms with Gasteiger partial charge in [-0.3, -0.25) is 4.79 Å². The molecule has 0 spiro atoms. The highest BCUT2D eigenvalue weighted by molar-refractivity contribution is 6.30. The van der Waals surface area contributed by atoms with Crippen molar-refractivity contribution in [1.29, 1.82) is 0 Å². The molecule has 0 aliphatic rings. The van der Waals surface area contributed by atoms with Crippen molar-refractivity contribution in [3.8, 4) is 11.1 Å². The van der Waals surface area contributed by atoms with Gasteiger partial charge in [0, 0.05) is 11.1 Å². The number of esters is 1. The quantitative estimate of drug-likeness (QED) is 0.753. The number of benzene rings is 2. The van der Waals surface area contributed by atoms with Crippen molar-refractivity contribution in [2.45, 2.75) is 32.7 Å². The standard InChI is InChI=1S/C20H24ClNO2/c1-3-24-20(23)14(2)11-19(22)12-15-7-9-16(10-8-15)17-5-4-6-18(21)13-17/h4-10,13-14,19H,3,11-12,22H2,1-2H3. The Kier molecular flexibility index (Phi) is 6.83. The summed E-state index contributed by atoms with van der Waals surface area (Å²) in [6.07, 6.45) is 1.36. The molecule has 4 heteroatoms. The average Bonchev–Trinajstić information content (AvgIpc) is 2.55. The lowest BCUT2D eigenvalue weighted by Crippen LogP contribution is -2.29. The van der Waals surface area contributed by atoms with E-state index in [2.05, 4.69) is 24.3 Å². The van der Waals surface area contributed by atoms with Gasteiger partial charge < -0.3 is 10.5 Å². The Labute approximate surface area is 148 Å². The average molecular weight is 346 g/mol. The number of halogens is 1. The fourth-order valence-corrected chi connectivity index (χ4v) is 2.91. The molecule has 128 valence electrons. The van der Waals surface area contributed by atoms with E-state index in [4.69, 9.17) is 22.1 Å². The van der Waals surface area contributed by atoms with Gasteiger partial charge >= 0.3 is 5.97 Å². The Balaban J connectivity index is 1.95. The van der Waals surface area contributed by atoms with Crippen LogP contribution in [0.25, 0.3) is 11.1 Å². The smallest absolute Gasteiger partial charge is 0.308 e. The number of hydrogen-bond acceptors (Lipinski definition) is 3. The second-order valence-electron chi connectivity index (χ2n) is 6.06. The van der Waals surface area contributed by atoms with E-state index in [0.29, 0.717) is 13.0 Å². The zero-order chi connectivity index (χ0) is 17.5. The summed E-state index contributed by atoms with van der Waals surface area (Å²) >= 11 is 6.04. The molecule has 0 fully saturated rings. The second-order valence-corrected chi connectivity index (χ2v) is 6.50. The molecule has 0 aromatic heterocycles. The maximum Gasteiger partial charge on any atom is 0.308 e. The van der Waals surface area contributed by atoms with Gasteiger partial charge in [0.1, 0.15) is 0 Å². The van der Waals surface area contributed by atoms with E-state index in [9.17, 15) is 4.79 Å². The number of ether oxygens (including phenoxy) is 1. The first kappa shape index (κ1) is 18.5. The normalized spacial score (nSPS) is 13.3. The van der Waals surface area contributed by atoms with Crippen LogP contribution in [-0.4, -0.2) is 18.6 Å². The van der Waals surface area contributed by atoms with Crippen molar-refractivity contribution in [1.82, 2.24) is 0 Å². The molecule has 0 heterocycles. The van der Waals surface area contributed by atoms with Crippen LogP contribution < -0.4 is 5.73 Å². The van der Waals surface area contributed by atoms with Gasteiger partial charge in [-0.15, -0.1) is 0 Å². The minimum Gasteiger partial charge on any atom is -0.466 e. The van der Waals surface area contributed by atoms with Crippen LogP contribution in [-0.2, 0) is 16.0 Å². The number of carbonyl (C=O) groups excluding carboxylic acids is 1. The molecule has 3 nitrogen and oxygen atoms in total. The predicted molar refractivity (Wildman–Crippen MR) is 99.0 cm³/mol. The minimum absolute atomic E-state index is 0.0681. The second kappa shape index (κ2) is 8.86. The van der Waals surface area contributed by atoms with Gasteiger partial charge in [-0.05, 0) is 48.6 Å². The van der Waals surface area contributed by atoms with Crippen molar-refractivity contribution >= 4 is 17.6 Å². The van der Waals surface area contributed by atoms with E-state index >= 15 is 0 Å². The van der Waals surface area contributed by atoms with Gasteiger partial charge in [0.15, 0.2) is 0 Å². The maximum atomic E-state index is 11.7. The van der Waals surface area contributed by atoms with E-state index in [0.717, 1.165) is 28.1 Å². The van der Waals surface area contributed by atoms with Gasteiger partial charge in [0.2, 0.25) is 0 Å². The van der Waals surface area contributed by atoms with Crippen LogP contribution in [0.3, 0.4) is 0 Å². The van der Waals surface area contributed by atoms with Crippen molar-refractivity contribution < 1.29 is 9.53 Å². The highest BCUT2D eigenvalue weighted by Gasteiger charge is 2.17. The third-order valence-corrected chi connectivity index (χ3v) is 4.19. The molecule has 0 aliphatic carbocycles. The Morgan fingerprint density at radius 1 is 1.17 bits per heavy atom. The summed E-state index contributed by atoms with van der Waals surface area (Å²) in [6, 6.07) is 16.0. The highest BCUT2D eigenvalue weighted by atomic mass is 35.5. The fraction of sp³-hybridized carbons (Fsp3) is 0.350. The van der Waals surface area contributed by atoms with E-state index in [1.165, 1.54) is 0 Å². The molecule has 2 N–H and O–H groups in total. The first-order chi connectivity index (χ1) is 11.5. The monoisotopic (exact) mass is 345 g/mol. The Bertz CT molecular complexity index is 670. The van der Waals surface area contributed by atoms with E-state index in [-0.39, 0.29) is 17.9 Å². The lowest BCUT2D eigenvalue weighted by atomic mass is 9.95. The number of hydrogen-bond donors (Lipinski definition) is 1. The van der Waals surface area contributed by atoms with E-state index in [1.54, 1.807) is 0 Å². The van der Waals surface area contributed by atoms with Gasteiger partial charge in [0.25, 0.3) is 0 Å². The van der Waals surface area contributed by atoms with Gasteiger partial charge in [0.05, 0.1) is 12.5 Å². The summed E-state index contributed by atoms with van der Waals surface area (Å²) < 4.78 is 5.02. The Morgan fingerprint density at radius 3 is 2.50 bits per heavy atom. The first-order valence-corrected chi connectivity index (χ1v) is 8.64. The summed E-state index contributed by atoms with van der Waals surface area (Å²) in [5.41, 5.74) is 9.55. The number of nitrogens with two attached hydrogens (primary N) is 1. The summed E-state index contributed by atoms with van der Waals surface area (Å²) in [6.45, 7) is 4.08. The van der Waals surface area contributed by atoms with E-state index < -0.39 is 0 Å². The third-order valence-electron chi connectivity index (χ3n) is 3.96. The van der Waals surface area contributed by atoms with Gasteiger partial charge in [-0.1, -0.05) is 54.9 Å². The summed E-state index contributed by atoms with van der Waals surface area (Å²) in [7, 11) is 0. The van der Waals surface area contributed by atoms with Crippen LogP contribution in [0.15, 0.2) is 48.5 Å². The molecule has 2 aromatic rings. The van der Waals surface area contributed by atoms with Gasteiger partial charge in [-0.2, -0.15) is 0 Å². The lowest BCUT2D eigenvalue weighted by molar-refractivity contribution is -0.147. The summed E-state index contributed by atoms with van der Waals surface area (Å²) in [5.74, 6) is -0.352. The zero-order valence-electron chi connectivity index (χ0n) is 14.2. The molecule has 0 amide bonds. The molecule has 2 rings (SSSR count).